The number of hydrogen-bond donors (Lipinski definition) is 0. The van der Waals surface area contributed by atoms with Gasteiger partial charge in [0.25, 0.3) is 0 Å². The number of halogens is 1. The van der Waals surface area contributed by atoms with E-state index in [-0.39, 0.29) is 0 Å². The van der Waals surface area contributed by atoms with Crippen molar-refractivity contribution < 1.29 is 4.74 Å². The summed E-state index contributed by atoms with van der Waals surface area (Å²) in [5.74, 6) is 2.14. The summed E-state index contributed by atoms with van der Waals surface area (Å²) in [5.41, 5.74) is 3.34. The molecular formula is C13H20ClNO. The van der Waals surface area contributed by atoms with Gasteiger partial charge in [0.05, 0.1) is 7.11 Å². The number of ether oxygens (including phenoxy) is 1. The highest BCUT2D eigenvalue weighted by molar-refractivity contribution is 6.18. The van der Waals surface area contributed by atoms with Crippen LogP contribution in [0.3, 0.4) is 0 Å². The molecule has 0 bridgehead atoms. The molecule has 0 saturated heterocycles. The van der Waals surface area contributed by atoms with Crippen LogP contribution in [-0.4, -0.2) is 18.0 Å². The van der Waals surface area contributed by atoms with Gasteiger partial charge in [-0.1, -0.05) is 13.3 Å². The Hall–Kier alpha value is -0.760. The number of methoxy groups -OCH3 is 1. The highest BCUT2D eigenvalue weighted by Crippen LogP contribution is 2.26. The van der Waals surface area contributed by atoms with E-state index in [0.29, 0.717) is 11.8 Å². The number of aromatic nitrogens is 1. The molecule has 3 heteroatoms. The summed E-state index contributed by atoms with van der Waals surface area (Å²) in [6.07, 6.45) is 3.89. The molecule has 0 spiro atoms. The van der Waals surface area contributed by atoms with Crippen LogP contribution in [-0.2, 0) is 6.42 Å². The second-order valence-electron chi connectivity index (χ2n) is 4.18. The first-order chi connectivity index (χ1) is 7.63. The first kappa shape index (κ1) is 13.3. The van der Waals surface area contributed by atoms with Crippen molar-refractivity contribution in [3.63, 3.8) is 0 Å². The number of alkyl halides is 1. The van der Waals surface area contributed by atoms with Gasteiger partial charge in [0.2, 0.25) is 0 Å². The SMILES string of the molecule is CCC(CCl)Cc1ncc(C)c(OC)c1C. The minimum absolute atomic E-state index is 0.500. The van der Waals surface area contributed by atoms with Gasteiger partial charge in [-0.25, -0.2) is 0 Å². The standard InChI is InChI=1S/C13H20ClNO/c1-5-11(7-14)6-12-10(3)13(16-4)9(2)8-15-12/h8,11H,5-7H2,1-4H3. The number of pyridine rings is 1. The zero-order valence-electron chi connectivity index (χ0n) is 10.5. The molecule has 0 saturated carbocycles. The molecule has 0 aliphatic rings. The van der Waals surface area contributed by atoms with Gasteiger partial charge in [0, 0.05) is 28.9 Å². The summed E-state index contributed by atoms with van der Waals surface area (Å²) >= 11 is 5.92. The Morgan fingerprint density at radius 3 is 2.62 bits per heavy atom. The van der Waals surface area contributed by atoms with Crippen LogP contribution in [0.15, 0.2) is 6.20 Å². The molecule has 1 heterocycles. The highest BCUT2D eigenvalue weighted by atomic mass is 35.5. The van der Waals surface area contributed by atoms with Crippen LogP contribution in [0.2, 0.25) is 0 Å². The molecular weight excluding hydrogens is 222 g/mol. The van der Waals surface area contributed by atoms with Crippen LogP contribution >= 0.6 is 11.6 Å². The highest BCUT2D eigenvalue weighted by Gasteiger charge is 2.13. The minimum atomic E-state index is 0.500. The van der Waals surface area contributed by atoms with E-state index >= 15 is 0 Å². The summed E-state index contributed by atoms with van der Waals surface area (Å²) in [4.78, 5) is 4.48. The quantitative estimate of drug-likeness (QED) is 0.736. The van der Waals surface area contributed by atoms with Crippen LogP contribution in [0.1, 0.15) is 30.2 Å². The van der Waals surface area contributed by atoms with E-state index in [2.05, 4.69) is 18.8 Å². The van der Waals surface area contributed by atoms with Crippen molar-refractivity contribution in [1.29, 1.82) is 0 Å². The van der Waals surface area contributed by atoms with Crippen LogP contribution in [0, 0.1) is 19.8 Å². The fourth-order valence-electron chi connectivity index (χ4n) is 1.86. The first-order valence-electron chi connectivity index (χ1n) is 5.69. The van der Waals surface area contributed by atoms with E-state index in [0.717, 1.165) is 35.4 Å². The fraction of sp³-hybridized carbons (Fsp3) is 0.615. The molecule has 0 radical (unpaired) electrons. The van der Waals surface area contributed by atoms with Gasteiger partial charge in [-0.2, -0.15) is 0 Å². The molecule has 0 aliphatic heterocycles. The summed E-state index contributed by atoms with van der Waals surface area (Å²) in [5, 5.41) is 0. The lowest BCUT2D eigenvalue weighted by Crippen LogP contribution is -2.09. The van der Waals surface area contributed by atoms with Crippen molar-refractivity contribution in [2.75, 3.05) is 13.0 Å². The second kappa shape index (κ2) is 6.09. The molecule has 2 nitrogen and oxygen atoms in total. The van der Waals surface area contributed by atoms with E-state index in [1.165, 1.54) is 0 Å². The fourth-order valence-corrected chi connectivity index (χ4v) is 2.19. The predicted octanol–water partition coefficient (Wildman–Crippen LogP) is 3.51. The molecule has 1 aromatic heterocycles. The Bertz CT molecular complexity index is 348. The van der Waals surface area contributed by atoms with Crippen LogP contribution in [0.25, 0.3) is 0 Å². The van der Waals surface area contributed by atoms with Gasteiger partial charge in [-0.15, -0.1) is 11.6 Å². The molecule has 1 aromatic rings. The van der Waals surface area contributed by atoms with Gasteiger partial charge >= 0.3 is 0 Å². The molecule has 0 aliphatic carbocycles. The Balaban J connectivity index is 2.97. The molecule has 0 N–H and O–H groups in total. The molecule has 90 valence electrons. The third-order valence-electron chi connectivity index (χ3n) is 3.03. The number of nitrogens with zero attached hydrogens (tertiary/aromatic N) is 1. The number of rotatable bonds is 5. The first-order valence-corrected chi connectivity index (χ1v) is 6.22. The topological polar surface area (TPSA) is 22.1 Å². The van der Waals surface area contributed by atoms with Gasteiger partial charge in [0.15, 0.2) is 0 Å². The molecule has 0 fully saturated rings. The summed E-state index contributed by atoms with van der Waals surface area (Å²) < 4.78 is 5.39. The Kier molecular flexibility index (Phi) is 5.07. The third kappa shape index (κ3) is 2.88. The molecule has 16 heavy (non-hydrogen) atoms. The lowest BCUT2D eigenvalue weighted by molar-refractivity contribution is 0.406. The van der Waals surface area contributed by atoms with Gasteiger partial charge in [-0.05, 0) is 26.2 Å². The Morgan fingerprint density at radius 2 is 2.12 bits per heavy atom. The average Bonchev–Trinajstić information content (AvgIpc) is 2.29. The zero-order valence-corrected chi connectivity index (χ0v) is 11.3. The maximum Gasteiger partial charge on any atom is 0.128 e. The number of hydrogen-bond acceptors (Lipinski definition) is 2. The molecule has 1 rings (SSSR count). The summed E-state index contributed by atoms with van der Waals surface area (Å²) in [6, 6.07) is 0. The average molecular weight is 242 g/mol. The van der Waals surface area contributed by atoms with E-state index in [1.807, 2.05) is 13.1 Å². The van der Waals surface area contributed by atoms with E-state index < -0.39 is 0 Å². The third-order valence-corrected chi connectivity index (χ3v) is 3.46. The minimum Gasteiger partial charge on any atom is -0.496 e. The van der Waals surface area contributed by atoms with Crippen LogP contribution in [0.4, 0.5) is 0 Å². The molecule has 1 unspecified atom stereocenters. The van der Waals surface area contributed by atoms with Crippen molar-refractivity contribution in [3.8, 4) is 5.75 Å². The van der Waals surface area contributed by atoms with Crippen LogP contribution in [0.5, 0.6) is 5.75 Å². The van der Waals surface area contributed by atoms with E-state index in [1.54, 1.807) is 7.11 Å². The molecule has 0 aromatic carbocycles. The van der Waals surface area contributed by atoms with Crippen molar-refractivity contribution in [3.05, 3.63) is 23.0 Å². The summed E-state index contributed by atoms with van der Waals surface area (Å²) in [6.45, 7) is 6.24. The smallest absolute Gasteiger partial charge is 0.128 e. The maximum atomic E-state index is 5.92. The lowest BCUT2D eigenvalue weighted by atomic mass is 9.98. The van der Waals surface area contributed by atoms with Gasteiger partial charge in [0.1, 0.15) is 5.75 Å². The van der Waals surface area contributed by atoms with Gasteiger partial charge in [-0.3, -0.25) is 4.98 Å². The van der Waals surface area contributed by atoms with Crippen LogP contribution < -0.4 is 4.74 Å². The van der Waals surface area contributed by atoms with Crippen molar-refractivity contribution >= 4 is 11.6 Å². The monoisotopic (exact) mass is 241 g/mol. The van der Waals surface area contributed by atoms with Crippen molar-refractivity contribution in [1.82, 2.24) is 4.98 Å². The summed E-state index contributed by atoms with van der Waals surface area (Å²) in [7, 11) is 1.71. The van der Waals surface area contributed by atoms with Crippen molar-refractivity contribution in [2.24, 2.45) is 5.92 Å². The van der Waals surface area contributed by atoms with E-state index in [4.69, 9.17) is 16.3 Å². The Morgan fingerprint density at radius 1 is 1.44 bits per heavy atom. The maximum absolute atomic E-state index is 5.92. The molecule has 1 atom stereocenters. The van der Waals surface area contributed by atoms with Gasteiger partial charge < -0.3 is 4.74 Å². The van der Waals surface area contributed by atoms with Crippen molar-refractivity contribution in [2.45, 2.75) is 33.6 Å². The van der Waals surface area contributed by atoms with E-state index in [9.17, 15) is 0 Å². The normalized spacial score (nSPS) is 12.6. The predicted molar refractivity (Wildman–Crippen MR) is 68.5 cm³/mol. The zero-order chi connectivity index (χ0) is 12.1. The molecule has 0 amide bonds. The lowest BCUT2D eigenvalue weighted by Gasteiger charge is -2.15. The largest absolute Gasteiger partial charge is 0.496 e. The second-order valence-corrected chi connectivity index (χ2v) is 4.49. The number of aryl methyl sites for hydroxylation is 1. The Labute approximate surface area is 103 Å².